The molecule has 0 radical (unpaired) electrons. The van der Waals surface area contributed by atoms with E-state index in [1.165, 1.54) is 48.4 Å². The molecule has 98 valence electrons. The predicted octanol–water partition coefficient (Wildman–Crippen LogP) is 5.13. The smallest absolute Gasteiger partial charge is 0.0149 e. The van der Waals surface area contributed by atoms with Crippen LogP contribution in [0.2, 0.25) is 0 Å². The molecule has 0 heteroatoms. The average Bonchev–Trinajstić information content (AvgIpc) is 3.05. The molecule has 2 aliphatic carbocycles. The second-order valence-electron chi connectivity index (χ2n) is 6.73. The third-order valence-corrected chi connectivity index (χ3v) is 5.60. The summed E-state index contributed by atoms with van der Waals surface area (Å²) >= 11 is 0. The van der Waals surface area contributed by atoms with E-state index in [9.17, 15) is 0 Å². The summed E-state index contributed by atoms with van der Waals surface area (Å²) in [6, 6.07) is 13.6. The number of hydrogen-bond acceptors (Lipinski definition) is 0. The van der Waals surface area contributed by atoms with Gasteiger partial charge in [0.05, 0.1) is 0 Å². The second-order valence-corrected chi connectivity index (χ2v) is 6.73. The molecule has 2 aromatic rings. The molecule has 19 heavy (non-hydrogen) atoms. The van der Waals surface area contributed by atoms with Gasteiger partial charge < -0.3 is 0 Å². The van der Waals surface area contributed by atoms with Crippen molar-refractivity contribution < 1.29 is 0 Å². The SMILES string of the molecule is Cc1ccc(CC2CC3CCC2C3)c2ccccc12. The molecule has 0 nitrogen and oxygen atoms in total. The van der Waals surface area contributed by atoms with Gasteiger partial charge in [0, 0.05) is 0 Å². The minimum absolute atomic E-state index is 0.963. The summed E-state index contributed by atoms with van der Waals surface area (Å²) in [4.78, 5) is 0. The number of rotatable bonds is 2. The number of aryl methyl sites for hydroxylation is 1. The fraction of sp³-hybridized carbons (Fsp3) is 0.474. The largest absolute Gasteiger partial charge is 0.0616 e. The van der Waals surface area contributed by atoms with E-state index in [1.54, 1.807) is 5.56 Å². The van der Waals surface area contributed by atoms with Crippen LogP contribution in [0.4, 0.5) is 0 Å². The standard InChI is InChI=1S/C19H22/c1-13-6-8-16(19-5-3-2-4-18(13)19)12-17-11-14-7-9-15(17)10-14/h2-6,8,14-15,17H,7,9-12H2,1H3. The normalized spacial score (nSPS) is 29.2. The maximum absolute atomic E-state index is 2.38. The molecule has 2 fully saturated rings. The fourth-order valence-corrected chi connectivity index (χ4v) is 4.60. The van der Waals surface area contributed by atoms with Crippen molar-refractivity contribution in [3.8, 4) is 0 Å². The van der Waals surface area contributed by atoms with Gasteiger partial charge in [0.1, 0.15) is 0 Å². The lowest BCUT2D eigenvalue weighted by molar-refractivity contribution is 0.332. The fourth-order valence-electron chi connectivity index (χ4n) is 4.60. The van der Waals surface area contributed by atoms with Crippen molar-refractivity contribution in [1.82, 2.24) is 0 Å². The van der Waals surface area contributed by atoms with Gasteiger partial charge in [-0.15, -0.1) is 0 Å². The molecule has 2 saturated carbocycles. The molecule has 4 rings (SSSR count). The van der Waals surface area contributed by atoms with Gasteiger partial charge in [-0.05, 0) is 72.3 Å². The van der Waals surface area contributed by atoms with Gasteiger partial charge in [0.2, 0.25) is 0 Å². The van der Waals surface area contributed by atoms with E-state index in [4.69, 9.17) is 0 Å². The van der Waals surface area contributed by atoms with Crippen molar-refractivity contribution in [2.24, 2.45) is 17.8 Å². The van der Waals surface area contributed by atoms with Crippen LogP contribution >= 0.6 is 0 Å². The molecular weight excluding hydrogens is 228 g/mol. The van der Waals surface area contributed by atoms with Crippen LogP contribution in [-0.2, 0) is 6.42 Å². The Morgan fingerprint density at radius 3 is 2.53 bits per heavy atom. The summed E-state index contributed by atoms with van der Waals surface area (Å²) in [6.45, 7) is 2.23. The minimum atomic E-state index is 0.963. The lowest BCUT2D eigenvalue weighted by Crippen LogP contribution is -2.13. The molecule has 0 aliphatic heterocycles. The molecule has 0 aromatic heterocycles. The third-order valence-electron chi connectivity index (χ3n) is 5.60. The van der Waals surface area contributed by atoms with E-state index >= 15 is 0 Å². The van der Waals surface area contributed by atoms with Crippen molar-refractivity contribution in [1.29, 1.82) is 0 Å². The highest BCUT2D eigenvalue weighted by atomic mass is 14.4. The quantitative estimate of drug-likeness (QED) is 0.693. The van der Waals surface area contributed by atoms with Gasteiger partial charge in [-0.1, -0.05) is 42.8 Å². The first kappa shape index (κ1) is 11.5. The van der Waals surface area contributed by atoms with Gasteiger partial charge in [-0.3, -0.25) is 0 Å². The van der Waals surface area contributed by atoms with Gasteiger partial charge in [-0.25, -0.2) is 0 Å². The van der Waals surface area contributed by atoms with Crippen LogP contribution in [0.1, 0.15) is 36.8 Å². The van der Waals surface area contributed by atoms with E-state index in [0.717, 1.165) is 17.8 Å². The minimum Gasteiger partial charge on any atom is -0.0616 e. The monoisotopic (exact) mass is 250 g/mol. The zero-order chi connectivity index (χ0) is 12.8. The van der Waals surface area contributed by atoms with E-state index in [0.29, 0.717) is 0 Å². The van der Waals surface area contributed by atoms with E-state index in [1.807, 2.05) is 0 Å². The first-order chi connectivity index (χ1) is 9.31. The Morgan fingerprint density at radius 1 is 0.947 bits per heavy atom. The van der Waals surface area contributed by atoms with Crippen LogP contribution in [0.15, 0.2) is 36.4 Å². The summed E-state index contributed by atoms with van der Waals surface area (Å²) in [6.07, 6.45) is 7.33. The third kappa shape index (κ3) is 1.89. The van der Waals surface area contributed by atoms with Crippen LogP contribution < -0.4 is 0 Å². The molecule has 0 amide bonds. The first-order valence-electron chi connectivity index (χ1n) is 7.78. The summed E-state index contributed by atoms with van der Waals surface area (Å²) in [5.41, 5.74) is 2.99. The molecule has 0 heterocycles. The Balaban J connectivity index is 1.70. The van der Waals surface area contributed by atoms with Crippen molar-refractivity contribution in [3.63, 3.8) is 0 Å². The van der Waals surface area contributed by atoms with Crippen LogP contribution in [0.5, 0.6) is 0 Å². The topological polar surface area (TPSA) is 0 Å². The lowest BCUT2D eigenvalue weighted by Gasteiger charge is -2.22. The van der Waals surface area contributed by atoms with Crippen LogP contribution in [-0.4, -0.2) is 0 Å². The lowest BCUT2D eigenvalue weighted by atomic mass is 9.83. The molecule has 2 aromatic carbocycles. The molecule has 0 N–H and O–H groups in total. The number of hydrogen-bond donors (Lipinski definition) is 0. The van der Waals surface area contributed by atoms with Gasteiger partial charge in [0.15, 0.2) is 0 Å². The highest BCUT2D eigenvalue weighted by Gasteiger charge is 2.39. The second kappa shape index (κ2) is 4.37. The van der Waals surface area contributed by atoms with Gasteiger partial charge >= 0.3 is 0 Å². The van der Waals surface area contributed by atoms with Crippen molar-refractivity contribution in [2.45, 2.75) is 39.0 Å². The van der Waals surface area contributed by atoms with E-state index in [-0.39, 0.29) is 0 Å². The van der Waals surface area contributed by atoms with Gasteiger partial charge in [-0.2, -0.15) is 0 Å². The maximum Gasteiger partial charge on any atom is -0.0149 e. The highest BCUT2D eigenvalue weighted by Crippen LogP contribution is 2.49. The molecular formula is C19H22. The van der Waals surface area contributed by atoms with E-state index in [2.05, 4.69) is 43.3 Å². The summed E-state index contributed by atoms with van der Waals surface area (Å²) in [5.74, 6) is 3.06. The summed E-state index contributed by atoms with van der Waals surface area (Å²) < 4.78 is 0. The number of benzene rings is 2. The molecule has 0 spiro atoms. The van der Waals surface area contributed by atoms with Crippen LogP contribution in [0.25, 0.3) is 10.8 Å². The Labute approximate surface area is 115 Å². The van der Waals surface area contributed by atoms with Gasteiger partial charge in [0.25, 0.3) is 0 Å². The molecule has 0 saturated heterocycles. The average molecular weight is 250 g/mol. The molecule has 2 bridgehead atoms. The zero-order valence-corrected chi connectivity index (χ0v) is 11.7. The number of fused-ring (bicyclic) bond motifs is 3. The molecule has 3 unspecified atom stereocenters. The highest BCUT2D eigenvalue weighted by molar-refractivity contribution is 5.88. The van der Waals surface area contributed by atoms with Crippen molar-refractivity contribution in [2.75, 3.05) is 0 Å². The Morgan fingerprint density at radius 2 is 1.79 bits per heavy atom. The Hall–Kier alpha value is -1.30. The summed E-state index contributed by atoms with van der Waals surface area (Å²) in [7, 11) is 0. The van der Waals surface area contributed by atoms with Crippen molar-refractivity contribution in [3.05, 3.63) is 47.5 Å². The Kier molecular flexibility index (Phi) is 2.65. The summed E-state index contributed by atoms with van der Waals surface area (Å²) in [5, 5.41) is 2.94. The Bertz CT molecular complexity index is 610. The first-order valence-corrected chi connectivity index (χ1v) is 7.78. The predicted molar refractivity (Wildman–Crippen MR) is 81.3 cm³/mol. The molecule has 3 atom stereocenters. The van der Waals surface area contributed by atoms with Crippen LogP contribution in [0.3, 0.4) is 0 Å². The van der Waals surface area contributed by atoms with E-state index < -0.39 is 0 Å². The zero-order valence-electron chi connectivity index (χ0n) is 11.7. The van der Waals surface area contributed by atoms with Crippen LogP contribution in [0, 0.1) is 24.7 Å². The maximum atomic E-state index is 2.38. The molecule has 2 aliphatic rings. The van der Waals surface area contributed by atoms with Crippen molar-refractivity contribution >= 4 is 10.8 Å².